The highest BCUT2D eigenvalue weighted by molar-refractivity contribution is 6.05. The minimum absolute atomic E-state index is 0.127. The van der Waals surface area contributed by atoms with Gasteiger partial charge in [-0.1, -0.05) is 6.07 Å². The average Bonchev–Trinajstić information content (AvgIpc) is 2.66. The molecule has 1 atom stereocenters. The summed E-state index contributed by atoms with van der Waals surface area (Å²) < 4.78 is 5.39. The number of carbonyl (C=O) groups is 2. The number of nitro groups is 2. The SMILES string of the molecule is Cc1ccc([N+](=O)[O-])cc1NC(=O)CN1C(=O)C(C)Oc2ccc([N+](=O)[O-])nc21. The second kappa shape index (κ2) is 7.50. The predicted molar refractivity (Wildman–Crippen MR) is 99.8 cm³/mol. The third kappa shape index (κ3) is 3.95. The number of pyridine rings is 1. The molecular formula is C17H15N5O7. The lowest BCUT2D eigenvalue weighted by molar-refractivity contribution is -0.389. The van der Waals surface area contributed by atoms with Crippen LogP contribution in [0.4, 0.5) is 23.0 Å². The molecule has 1 aliphatic heterocycles. The van der Waals surface area contributed by atoms with Crippen molar-refractivity contribution in [3.8, 4) is 5.75 Å². The van der Waals surface area contributed by atoms with Gasteiger partial charge in [0.05, 0.1) is 10.6 Å². The predicted octanol–water partition coefficient (Wildman–Crippen LogP) is 1.96. The van der Waals surface area contributed by atoms with Crippen LogP contribution in [0.2, 0.25) is 0 Å². The molecule has 0 saturated heterocycles. The molecule has 1 unspecified atom stereocenters. The van der Waals surface area contributed by atoms with Gasteiger partial charge < -0.3 is 20.2 Å². The number of benzene rings is 1. The van der Waals surface area contributed by atoms with Gasteiger partial charge >= 0.3 is 5.82 Å². The Hall–Kier alpha value is -4.09. The van der Waals surface area contributed by atoms with Crippen molar-refractivity contribution in [2.75, 3.05) is 16.8 Å². The van der Waals surface area contributed by atoms with Crippen LogP contribution in [0.5, 0.6) is 5.75 Å². The molecule has 29 heavy (non-hydrogen) atoms. The third-order valence-corrected chi connectivity index (χ3v) is 4.19. The van der Waals surface area contributed by atoms with Gasteiger partial charge in [0.15, 0.2) is 11.9 Å². The van der Waals surface area contributed by atoms with E-state index in [0.717, 1.165) is 11.0 Å². The van der Waals surface area contributed by atoms with Crippen molar-refractivity contribution in [3.05, 3.63) is 56.1 Å². The molecule has 0 saturated carbocycles. The van der Waals surface area contributed by atoms with E-state index in [9.17, 15) is 29.8 Å². The summed E-state index contributed by atoms with van der Waals surface area (Å²) in [6.45, 7) is 2.62. The molecular weight excluding hydrogens is 386 g/mol. The van der Waals surface area contributed by atoms with Gasteiger partial charge in [-0.25, -0.2) is 0 Å². The first-order valence-corrected chi connectivity index (χ1v) is 8.35. The van der Waals surface area contributed by atoms with Crippen molar-refractivity contribution in [1.29, 1.82) is 0 Å². The third-order valence-electron chi connectivity index (χ3n) is 4.19. The van der Waals surface area contributed by atoms with E-state index < -0.39 is 40.1 Å². The van der Waals surface area contributed by atoms with E-state index in [1.54, 1.807) is 6.92 Å². The van der Waals surface area contributed by atoms with Crippen LogP contribution in [-0.4, -0.2) is 39.3 Å². The Morgan fingerprint density at radius 2 is 1.97 bits per heavy atom. The van der Waals surface area contributed by atoms with Gasteiger partial charge in [0.25, 0.3) is 17.4 Å². The number of fused-ring (bicyclic) bond motifs is 1. The molecule has 0 fully saturated rings. The molecule has 1 aliphatic rings. The smallest absolute Gasteiger partial charge is 0.366 e. The molecule has 0 radical (unpaired) electrons. The highest BCUT2D eigenvalue weighted by Gasteiger charge is 2.37. The number of carbonyl (C=O) groups excluding carboxylic acids is 2. The van der Waals surface area contributed by atoms with Crippen molar-refractivity contribution in [2.24, 2.45) is 0 Å². The number of non-ortho nitro benzene ring substituents is 1. The number of anilines is 2. The fraction of sp³-hybridized carbons (Fsp3) is 0.235. The van der Waals surface area contributed by atoms with Crippen molar-refractivity contribution >= 4 is 34.8 Å². The monoisotopic (exact) mass is 401 g/mol. The first kappa shape index (κ1) is 19.7. The molecule has 2 aromatic rings. The number of amides is 2. The molecule has 1 N–H and O–H groups in total. The van der Waals surface area contributed by atoms with E-state index in [1.165, 1.54) is 31.2 Å². The maximum absolute atomic E-state index is 12.5. The summed E-state index contributed by atoms with van der Waals surface area (Å²) in [7, 11) is 0. The fourth-order valence-corrected chi connectivity index (χ4v) is 2.72. The lowest BCUT2D eigenvalue weighted by Gasteiger charge is -2.28. The zero-order valence-corrected chi connectivity index (χ0v) is 15.3. The zero-order valence-electron chi connectivity index (χ0n) is 15.3. The second-order valence-corrected chi connectivity index (χ2v) is 6.24. The summed E-state index contributed by atoms with van der Waals surface area (Å²) in [4.78, 5) is 50.4. The molecule has 3 rings (SSSR count). The van der Waals surface area contributed by atoms with Crippen LogP contribution in [0.15, 0.2) is 30.3 Å². The van der Waals surface area contributed by atoms with E-state index >= 15 is 0 Å². The molecule has 2 amide bonds. The normalized spacial score (nSPS) is 15.3. The molecule has 12 heteroatoms. The highest BCUT2D eigenvalue weighted by Crippen LogP contribution is 2.34. The summed E-state index contributed by atoms with van der Waals surface area (Å²) in [6, 6.07) is 6.42. The van der Waals surface area contributed by atoms with E-state index in [4.69, 9.17) is 4.74 Å². The number of nitro benzene ring substituents is 1. The van der Waals surface area contributed by atoms with Crippen LogP contribution in [0.1, 0.15) is 12.5 Å². The van der Waals surface area contributed by atoms with Crippen LogP contribution in [-0.2, 0) is 9.59 Å². The van der Waals surface area contributed by atoms with E-state index in [2.05, 4.69) is 10.3 Å². The minimum Gasteiger partial charge on any atom is -0.475 e. The second-order valence-electron chi connectivity index (χ2n) is 6.24. The minimum atomic E-state index is -0.918. The summed E-state index contributed by atoms with van der Waals surface area (Å²) in [5, 5.41) is 24.4. The molecule has 150 valence electrons. The first-order chi connectivity index (χ1) is 13.7. The number of ether oxygens (including phenoxy) is 1. The molecule has 0 bridgehead atoms. The van der Waals surface area contributed by atoms with Gasteiger partial charge in [0.1, 0.15) is 6.54 Å². The Morgan fingerprint density at radius 3 is 2.62 bits per heavy atom. The maximum Gasteiger partial charge on any atom is 0.366 e. The number of rotatable bonds is 5. The van der Waals surface area contributed by atoms with Crippen LogP contribution in [0.3, 0.4) is 0 Å². The molecule has 1 aromatic carbocycles. The standard InChI is InChI=1S/C17H15N5O7/c1-9-3-4-11(21(25)26)7-12(9)18-15(23)8-20-16-13(29-10(2)17(20)24)5-6-14(19-16)22(27)28/h3-7,10H,8H2,1-2H3,(H,18,23). The van der Waals surface area contributed by atoms with Gasteiger partial charge in [-0.3, -0.25) is 24.6 Å². The topological polar surface area (TPSA) is 158 Å². The highest BCUT2D eigenvalue weighted by atomic mass is 16.6. The Labute approximate surface area is 163 Å². The number of aryl methyl sites for hydroxylation is 1. The summed E-state index contributed by atoms with van der Waals surface area (Å²) in [5.41, 5.74) is 0.592. The van der Waals surface area contributed by atoms with Crippen LogP contribution in [0, 0.1) is 27.2 Å². The number of nitrogens with zero attached hydrogens (tertiary/aromatic N) is 4. The molecule has 2 heterocycles. The van der Waals surface area contributed by atoms with Crippen LogP contribution in [0.25, 0.3) is 0 Å². The fourth-order valence-electron chi connectivity index (χ4n) is 2.72. The summed E-state index contributed by atoms with van der Waals surface area (Å²) in [6.07, 6.45) is -0.918. The largest absolute Gasteiger partial charge is 0.475 e. The first-order valence-electron chi connectivity index (χ1n) is 8.35. The average molecular weight is 401 g/mol. The Morgan fingerprint density at radius 1 is 1.24 bits per heavy atom. The van der Waals surface area contributed by atoms with Gasteiger partial charge in [0.2, 0.25) is 5.91 Å². The van der Waals surface area contributed by atoms with Gasteiger partial charge in [0, 0.05) is 18.2 Å². The number of aromatic nitrogens is 1. The number of nitrogens with one attached hydrogen (secondary N) is 1. The number of hydrogen-bond acceptors (Lipinski definition) is 8. The lowest BCUT2D eigenvalue weighted by Crippen LogP contribution is -2.48. The van der Waals surface area contributed by atoms with Crippen molar-refractivity contribution in [2.45, 2.75) is 20.0 Å². The summed E-state index contributed by atoms with van der Waals surface area (Å²) in [5.74, 6) is -1.78. The maximum atomic E-state index is 12.5. The lowest BCUT2D eigenvalue weighted by atomic mass is 10.2. The van der Waals surface area contributed by atoms with Crippen molar-refractivity contribution in [3.63, 3.8) is 0 Å². The van der Waals surface area contributed by atoms with Crippen molar-refractivity contribution < 1.29 is 24.2 Å². The zero-order chi connectivity index (χ0) is 21.3. The Balaban J connectivity index is 1.88. The van der Waals surface area contributed by atoms with E-state index in [0.29, 0.717) is 5.56 Å². The molecule has 1 aromatic heterocycles. The molecule has 0 spiro atoms. The van der Waals surface area contributed by atoms with Gasteiger partial charge in [-0.2, -0.15) is 0 Å². The van der Waals surface area contributed by atoms with Gasteiger partial charge in [-0.05, 0) is 35.4 Å². The quantitative estimate of drug-likeness (QED) is 0.588. The Bertz CT molecular complexity index is 1040. The van der Waals surface area contributed by atoms with Crippen LogP contribution < -0.4 is 15.0 Å². The Kier molecular flexibility index (Phi) is 5.08. The number of hydrogen-bond donors (Lipinski definition) is 1. The van der Waals surface area contributed by atoms with Crippen molar-refractivity contribution in [1.82, 2.24) is 4.98 Å². The van der Waals surface area contributed by atoms with E-state index in [-0.39, 0.29) is 22.9 Å². The molecule has 0 aliphatic carbocycles. The van der Waals surface area contributed by atoms with Crippen LogP contribution >= 0.6 is 0 Å². The molecule has 12 nitrogen and oxygen atoms in total. The van der Waals surface area contributed by atoms with E-state index in [1.807, 2.05) is 0 Å². The van der Waals surface area contributed by atoms with Gasteiger partial charge in [-0.15, -0.1) is 0 Å². The summed E-state index contributed by atoms with van der Waals surface area (Å²) >= 11 is 0.